The third kappa shape index (κ3) is 3.43. The van der Waals surface area contributed by atoms with Gasteiger partial charge in [-0.05, 0) is 35.0 Å². The Labute approximate surface area is 234 Å². The number of benzene rings is 2. The van der Waals surface area contributed by atoms with Gasteiger partial charge in [-0.2, -0.15) is 0 Å². The van der Waals surface area contributed by atoms with E-state index in [1.807, 2.05) is 42.6 Å². The molecule has 202 valence electrons. The molecule has 0 bridgehead atoms. The minimum Gasteiger partial charge on any atom is -0.361 e. The Morgan fingerprint density at radius 1 is 1.05 bits per heavy atom. The predicted octanol–water partition coefficient (Wildman–Crippen LogP) is 3.02. The molecular weight excluding hydrogens is 561 g/mol. The summed E-state index contributed by atoms with van der Waals surface area (Å²) in [4.78, 5) is 57.5. The number of nitrogens with zero attached hydrogens (tertiary/aromatic N) is 3. The SMILES string of the molecule is CC(=O)S[C@H]1C(=O)N2[C@H]3N(S(=O)O)c4ccccc4[C@@]3(c3c[nH]c4ccccc34)C[C@]2(SC(C)=O)C(=O)N1C. The van der Waals surface area contributed by atoms with E-state index in [4.69, 9.17) is 0 Å². The summed E-state index contributed by atoms with van der Waals surface area (Å²) in [5.74, 6) is -1.10. The number of para-hydroxylation sites is 2. The van der Waals surface area contributed by atoms with E-state index >= 15 is 0 Å². The monoisotopic (exact) mass is 584 g/mol. The van der Waals surface area contributed by atoms with E-state index in [-0.39, 0.29) is 16.7 Å². The van der Waals surface area contributed by atoms with Crippen LogP contribution in [0.4, 0.5) is 5.69 Å². The van der Waals surface area contributed by atoms with E-state index in [1.54, 1.807) is 12.1 Å². The molecule has 5 atom stereocenters. The topological polar surface area (TPSA) is 131 Å². The van der Waals surface area contributed by atoms with Gasteiger partial charge in [-0.1, -0.05) is 48.2 Å². The lowest BCUT2D eigenvalue weighted by atomic mass is 9.72. The highest BCUT2D eigenvalue weighted by Gasteiger charge is 2.75. The largest absolute Gasteiger partial charge is 0.361 e. The number of carbonyl (C=O) groups excluding carboxylic acids is 4. The molecule has 2 aromatic carbocycles. The van der Waals surface area contributed by atoms with Crippen molar-refractivity contribution in [3.05, 3.63) is 65.9 Å². The Balaban J connectivity index is 1.71. The number of rotatable bonds is 4. The summed E-state index contributed by atoms with van der Waals surface area (Å²) in [6.45, 7) is 2.64. The van der Waals surface area contributed by atoms with Crippen LogP contribution in [0.2, 0.25) is 0 Å². The quantitative estimate of drug-likeness (QED) is 0.448. The lowest BCUT2D eigenvalue weighted by Crippen LogP contribution is -2.70. The average molecular weight is 585 g/mol. The molecule has 6 rings (SSSR count). The minimum absolute atomic E-state index is 0.0200. The van der Waals surface area contributed by atoms with Gasteiger partial charge in [-0.25, -0.2) is 8.51 Å². The van der Waals surface area contributed by atoms with Crippen molar-refractivity contribution in [2.45, 2.75) is 42.1 Å². The molecule has 3 aliphatic rings. The smallest absolute Gasteiger partial charge is 0.263 e. The molecule has 1 aromatic heterocycles. The molecule has 3 aromatic rings. The van der Waals surface area contributed by atoms with Crippen molar-refractivity contribution < 1.29 is 27.9 Å². The van der Waals surface area contributed by atoms with Crippen LogP contribution in [0.3, 0.4) is 0 Å². The molecular formula is C26H24N4O6S3. The van der Waals surface area contributed by atoms with Crippen molar-refractivity contribution in [1.29, 1.82) is 0 Å². The highest BCUT2D eigenvalue weighted by molar-refractivity contribution is 8.15. The Bertz CT molecular complexity index is 1610. The highest BCUT2D eigenvalue weighted by atomic mass is 32.2. The van der Waals surface area contributed by atoms with Crippen LogP contribution in [-0.4, -0.2) is 69.0 Å². The first-order chi connectivity index (χ1) is 18.5. The summed E-state index contributed by atoms with van der Waals surface area (Å²) in [5.41, 5.74) is 1.50. The maximum atomic E-state index is 14.3. The zero-order valence-corrected chi connectivity index (χ0v) is 23.6. The first-order valence-corrected chi connectivity index (χ1v) is 14.8. The summed E-state index contributed by atoms with van der Waals surface area (Å²) in [7, 11) is 1.45. The molecule has 0 saturated carbocycles. The fourth-order valence-electron chi connectivity index (χ4n) is 6.47. The third-order valence-corrected chi connectivity index (χ3v) is 10.7. The van der Waals surface area contributed by atoms with E-state index in [9.17, 15) is 27.9 Å². The fourth-order valence-corrected chi connectivity index (χ4v) is 9.32. The molecule has 0 aliphatic carbocycles. The van der Waals surface area contributed by atoms with Crippen LogP contribution in [-0.2, 0) is 35.9 Å². The third-order valence-electron chi connectivity index (χ3n) is 7.72. The average Bonchev–Trinajstić information content (AvgIpc) is 3.52. The van der Waals surface area contributed by atoms with E-state index in [0.29, 0.717) is 23.0 Å². The van der Waals surface area contributed by atoms with Crippen molar-refractivity contribution in [1.82, 2.24) is 14.8 Å². The first kappa shape index (κ1) is 26.1. The van der Waals surface area contributed by atoms with Crippen molar-refractivity contribution in [3.63, 3.8) is 0 Å². The van der Waals surface area contributed by atoms with Gasteiger partial charge in [0.1, 0.15) is 6.17 Å². The number of piperazine rings is 1. The Hall–Kier alpha value is -3.13. The summed E-state index contributed by atoms with van der Waals surface area (Å²) in [6, 6.07) is 14.7. The zero-order chi connectivity index (χ0) is 27.9. The second-order valence-corrected chi connectivity index (χ2v) is 13.4. The van der Waals surface area contributed by atoms with Gasteiger partial charge >= 0.3 is 0 Å². The van der Waals surface area contributed by atoms with E-state index < -0.39 is 44.9 Å². The van der Waals surface area contributed by atoms with Gasteiger partial charge in [0.25, 0.3) is 23.1 Å². The van der Waals surface area contributed by atoms with Crippen molar-refractivity contribution >= 4 is 73.4 Å². The molecule has 10 nitrogen and oxygen atoms in total. The number of thioether (sulfide) groups is 2. The lowest BCUT2D eigenvalue weighted by Gasteiger charge is -2.48. The van der Waals surface area contributed by atoms with Gasteiger partial charge in [-0.3, -0.25) is 28.6 Å². The number of likely N-dealkylation sites (N-methyl/N-ethyl adjacent to an activating group) is 1. The molecule has 0 spiro atoms. The molecule has 3 aliphatic heterocycles. The summed E-state index contributed by atoms with van der Waals surface area (Å²) >= 11 is -1.15. The number of nitrogens with one attached hydrogen (secondary N) is 1. The molecule has 39 heavy (non-hydrogen) atoms. The number of H-pyrrole nitrogens is 1. The van der Waals surface area contributed by atoms with Crippen LogP contribution in [0.1, 0.15) is 31.4 Å². The van der Waals surface area contributed by atoms with Crippen LogP contribution < -0.4 is 4.31 Å². The van der Waals surface area contributed by atoms with Crippen LogP contribution in [0.5, 0.6) is 0 Å². The maximum Gasteiger partial charge on any atom is 0.263 e. The van der Waals surface area contributed by atoms with Crippen LogP contribution >= 0.6 is 23.5 Å². The van der Waals surface area contributed by atoms with Crippen molar-refractivity contribution in [2.75, 3.05) is 11.4 Å². The minimum atomic E-state index is -2.60. The van der Waals surface area contributed by atoms with E-state index in [2.05, 4.69) is 4.98 Å². The number of carbonyl (C=O) groups is 4. The molecule has 4 heterocycles. The summed E-state index contributed by atoms with van der Waals surface area (Å²) in [5, 5.41) is -1.11. The molecule has 2 fully saturated rings. The van der Waals surface area contributed by atoms with Crippen LogP contribution in [0.15, 0.2) is 54.7 Å². The van der Waals surface area contributed by atoms with Gasteiger partial charge in [0.05, 0.1) is 11.1 Å². The second-order valence-electron chi connectivity index (χ2n) is 9.81. The number of amides is 2. The molecule has 0 radical (unpaired) electrons. The van der Waals surface area contributed by atoms with Gasteiger partial charge in [0.2, 0.25) is 0 Å². The molecule has 2 saturated heterocycles. The predicted molar refractivity (Wildman–Crippen MR) is 150 cm³/mol. The fraction of sp³-hybridized carbons (Fsp3) is 0.308. The van der Waals surface area contributed by atoms with Crippen molar-refractivity contribution in [2.24, 2.45) is 0 Å². The summed E-state index contributed by atoms with van der Waals surface area (Å²) in [6.07, 6.45) is 0.656. The Kier molecular flexibility index (Phi) is 5.99. The normalized spacial score (nSPS) is 28.5. The molecule has 2 N–H and O–H groups in total. The van der Waals surface area contributed by atoms with Gasteiger partial charge in [0, 0.05) is 44.4 Å². The van der Waals surface area contributed by atoms with Crippen LogP contribution in [0.25, 0.3) is 10.9 Å². The number of anilines is 1. The van der Waals surface area contributed by atoms with Crippen molar-refractivity contribution in [3.8, 4) is 0 Å². The zero-order valence-electron chi connectivity index (χ0n) is 21.1. The molecule has 2 amide bonds. The maximum absolute atomic E-state index is 14.3. The number of hydrogen-bond donors (Lipinski definition) is 2. The Morgan fingerprint density at radius 3 is 2.44 bits per heavy atom. The first-order valence-electron chi connectivity index (χ1n) is 12.1. The Morgan fingerprint density at radius 2 is 1.74 bits per heavy atom. The van der Waals surface area contributed by atoms with Crippen LogP contribution in [0, 0.1) is 0 Å². The van der Waals surface area contributed by atoms with Gasteiger partial charge in [0.15, 0.2) is 20.5 Å². The standard InChI is InChI=1S/C26H24N4O6S3/c1-14(31)37-22-21(33)29-23-25(18-12-27-19-10-6-4-8-16(18)19,13-26(29,38-15(2)32)24(34)28(22)3)17-9-5-7-11-20(17)30(23)39(35)36/h4-12,22-23,27H,13H2,1-3H3,(H,35,36)/t22-,23-,25+,26-/m0/s1. The molecule has 1 unspecified atom stereocenters. The second kappa shape index (κ2) is 8.95. The van der Waals surface area contributed by atoms with E-state index in [0.717, 1.165) is 28.2 Å². The number of hydrogen-bond acceptors (Lipinski definition) is 7. The highest BCUT2D eigenvalue weighted by Crippen LogP contribution is 2.65. The number of fused-ring (bicyclic) bond motifs is 6. The summed E-state index contributed by atoms with van der Waals surface area (Å²) < 4.78 is 25.0. The number of aromatic nitrogens is 1. The van der Waals surface area contributed by atoms with Gasteiger partial charge < -0.3 is 9.88 Å². The number of aromatic amines is 1. The lowest BCUT2D eigenvalue weighted by molar-refractivity contribution is -0.157. The molecule has 13 heteroatoms. The van der Waals surface area contributed by atoms with Gasteiger partial charge in [-0.15, -0.1) is 0 Å². The van der Waals surface area contributed by atoms with E-state index in [1.165, 1.54) is 35.0 Å².